The highest BCUT2D eigenvalue weighted by Gasteiger charge is 2.53. The summed E-state index contributed by atoms with van der Waals surface area (Å²) in [5.41, 5.74) is 0.00139. The van der Waals surface area contributed by atoms with Crippen molar-refractivity contribution < 1.29 is 62.5 Å². The molecule has 0 saturated carbocycles. The quantitative estimate of drug-likeness (QED) is 0.261. The van der Waals surface area contributed by atoms with Crippen molar-refractivity contribution in [3.63, 3.8) is 0 Å². The molecule has 4 heterocycles. The first-order chi connectivity index (χ1) is 23.5. The van der Waals surface area contributed by atoms with E-state index in [9.17, 15) is 28.8 Å². The van der Waals surface area contributed by atoms with Crippen LogP contribution in [0, 0.1) is 0 Å². The number of hydroxylamine groups is 4. The van der Waals surface area contributed by atoms with Gasteiger partial charge < -0.3 is 28.6 Å². The molecule has 0 bridgehead atoms. The minimum atomic E-state index is -0.951. The normalized spacial score (nSPS) is 21.3. The van der Waals surface area contributed by atoms with E-state index in [1.807, 2.05) is 61.5 Å². The lowest BCUT2D eigenvalue weighted by Gasteiger charge is -2.32. The number of hydrogen-bond acceptors (Lipinski definition) is 12. The van der Waals surface area contributed by atoms with Crippen molar-refractivity contribution in [3.05, 3.63) is 59.7 Å². The molecule has 0 aliphatic carbocycles. The van der Waals surface area contributed by atoms with Crippen molar-refractivity contribution in [1.29, 1.82) is 0 Å². The van der Waals surface area contributed by atoms with Crippen molar-refractivity contribution in [2.45, 2.75) is 103 Å². The first-order valence-corrected chi connectivity index (χ1v) is 16.3. The topological polar surface area (TPSA) is 196 Å². The van der Waals surface area contributed by atoms with Gasteiger partial charge in [-0.2, -0.15) is 5.06 Å². The van der Waals surface area contributed by atoms with Gasteiger partial charge in [-0.1, -0.05) is 24.3 Å². The van der Waals surface area contributed by atoms with E-state index in [2.05, 4.69) is 0 Å². The van der Waals surface area contributed by atoms with Crippen molar-refractivity contribution >= 4 is 60.7 Å². The Kier molecular flexibility index (Phi) is 11.3. The van der Waals surface area contributed by atoms with Crippen LogP contribution in [0.3, 0.4) is 0 Å². The van der Waals surface area contributed by atoms with Gasteiger partial charge in [0.15, 0.2) is 0 Å². The first-order valence-electron chi connectivity index (χ1n) is 16.3. The molecule has 4 amide bonds. The zero-order chi connectivity index (χ0) is 38.1. The Labute approximate surface area is 296 Å². The van der Waals surface area contributed by atoms with E-state index in [4.69, 9.17) is 33.8 Å². The summed E-state index contributed by atoms with van der Waals surface area (Å²) in [6.45, 7) is 15.6. The molecule has 17 heteroatoms. The third-order valence-corrected chi connectivity index (χ3v) is 9.51. The minimum absolute atomic E-state index is 0.0556. The molecule has 0 unspecified atom stereocenters. The van der Waals surface area contributed by atoms with E-state index in [1.54, 1.807) is 42.5 Å². The van der Waals surface area contributed by atoms with Crippen LogP contribution in [0.5, 0.6) is 0 Å². The summed E-state index contributed by atoms with van der Waals surface area (Å²) in [4.78, 5) is 71.7. The molecule has 0 spiro atoms. The second-order valence-corrected chi connectivity index (χ2v) is 14.3. The minimum Gasteiger partial charge on any atom is -0.478 e. The average Bonchev–Trinajstić information content (AvgIpc) is 3.69. The molecule has 4 fully saturated rings. The van der Waals surface area contributed by atoms with E-state index in [1.165, 1.54) is 0 Å². The van der Waals surface area contributed by atoms with E-state index < -0.39 is 72.2 Å². The second-order valence-electron chi connectivity index (χ2n) is 14.3. The van der Waals surface area contributed by atoms with Crippen LogP contribution in [0.2, 0.25) is 0 Å². The Hall–Kier alpha value is -4.41. The van der Waals surface area contributed by atoms with E-state index in [-0.39, 0.29) is 41.9 Å². The zero-order valence-corrected chi connectivity index (χ0v) is 29.9. The molecule has 272 valence electrons. The summed E-state index contributed by atoms with van der Waals surface area (Å²) in [5.74, 6) is -3.76. The van der Waals surface area contributed by atoms with Crippen molar-refractivity contribution in [3.8, 4) is 0 Å². The van der Waals surface area contributed by atoms with Crippen LogP contribution in [0.25, 0.3) is 0 Å². The highest BCUT2D eigenvalue weighted by atomic mass is 16.7. The molecule has 4 aliphatic heterocycles. The highest BCUT2D eigenvalue weighted by Crippen LogP contribution is 2.37. The molecule has 0 aromatic heterocycles. The number of rotatable bonds is 5. The fraction of sp³-hybridized carbons (Fsp3) is 0.471. The molecule has 0 atom stereocenters. The summed E-state index contributed by atoms with van der Waals surface area (Å²) >= 11 is 0. The number of amides is 4. The first kappa shape index (κ1) is 39.4. The lowest BCUT2D eigenvalue weighted by molar-refractivity contribution is -0.173. The zero-order valence-electron chi connectivity index (χ0n) is 29.9. The summed E-state index contributed by atoms with van der Waals surface area (Å²) in [5, 5.41) is 18.1. The highest BCUT2D eigenvalue weighted by molar-refractivity contribution is 6.62. The number of carboxylic acid groups (broad SMARTS) is 1. The number of nitrogens with zero attached hydrogens (tertiary/aromatic N) is 2. The van der Waals surface area contributed by atoms with Crippen LogP contribution in [0.4, 0.5) is 0 Å². The third-order valence-electron chi connectivity index (χ3n) is 9.51. The van der Waals surface area contributed by atoms with Gasteiger partial charge in [-0.15, -0.1) is 5.06 Å². The van der Waals surface area contributed by atoms with E-state index >= 15 is 0 Å². The van der Waals surface area contributed by atoms with Crippen LogP contribution in [0.15, 0.2) is 48.5 Å². The number of benzene rings is 2. The van der Waals surface area contributed by atoms with Crippen LogP contribution in [-0.2, 0) is 42.6 Å². The predicted octanol–water partition coefficient (Wildman–Crippen LogP) is 2.42. The molecule has 2 aromatic rings. The Morgan fingerprint density at radius 2 is 0.980 bits per heavy atom. The van der Waals surface area contributed by atoms with Crippen molar-refractivity contribution in [2.24, 2.45) is 0 Å². The van der Waals surface area contributed by atoms with Gasteiger partial charge in [0.25, 0.3) is 23.6 Å². The summed E-state index contributed by atoms with van der Waals surface area (Å²) in [7, 11) is -1.14. The number of carboxylic acids is 1. The van der Waals surface area contributed by atoms with Gasteiger partial charge >= 0.3 is 26.2 Å². The SMILES string of the molecule is CC1(C)OB(c2cccc(C(=O)O)c2)OC1(C)C.CC1(C)OB(c2cccc(C(=O)ON3C(=O)CCC3=O)c2)OC1(C)C.O=C1CCC(=O)N1O. The Balaban J connectivity index is 0.000000194. The fourth-order valence-corrected chi connectivity index (χ4v) is 4.95. The standard InChI is InChI=1S/C17H20BNO6.C13H17BO4.C4H5NO3/c1-16(2)17(3,4)25-18(24-16)12-7-5-6-11(10-12)15(22)23-19-13(20)8-9-14(19)21;1-12(2)13(3,4)18-14(17-12)10-7-5-6-9(8-10)11(15)16;6-3-1-2-4(7)5(3)8/h5-7,10H,8-9H2,1-4H3;5-8H,1-4H3,(H,15,16);8H,1-2H2. The second kappa shape index (κ2) is 14.7. The number of hydrogen-bond donors (Lipinski definition) is 2. The van der Waals surface area contributed by atoms with Gasteiger partial charge in [-0.25, -0.2) is 9.59 Å². The number of aromatic carboxylic acids is 1. The van der Waals surface area contributed by atoms with Gasteiger partial charge in [0, 0.05) is 25.7 Å². The number of carbonyl (C=O) groups is 6. The largest absolute Gasteiger partial charge is 0.494 e. The molecule has 2 aromatic carbocycles. The van der Waals surface area contributed by atoms with Crippen LogP contribution in [0.1, 0.15) is 102 Å². The maximum Gasteiger partial charge on any atom is 0.494 e. The van der Waals surface area contributed by atoms with E-state index in [0.717, 1.165) is 5.46 Å². The Morgan fingerprint density at radius 3 is 1.33 bits per heavy atom. The maximum absolute atomic E-state index is 12.3. The molecular weight excluding hydrogens is 666 g/mol. The van der Waals surface area contributed by atoms with Gasteiger partial charge in [0.1, 0.15) is 0 Å². The number of carbonyl (C=O) groups excluding carboxylic acids is 5. The summed E-state index contributed by atoms with van der Waals surface area (Å²) < 4.78 is 23.7. The molecule has 15 nitrogen and oxygen atoms in total. The fourth-order valence-electron chi connectivity index (χ4n) is 4.95. The van der Waals surface area contributed by atoms with Gasteiger partial charge in [-0.3, -0.25) is 24.4 Å². The lowest BCUT2D eigenvalue weighted by Crippen LogP contribution is -2.41. The van der Waals surface area contributed by atoms with Gasteiger partial charge in [-0.05, 0) is 90.6 Å². The van der Waals surface area contributed by atoms with E-state index in [0.29, 0.717) is 10.5 Å². The maximum atomic E-state index is 12.3. The summed E-state index contributed by atoms with van der Waals surface area (Å²) in [6.07, 6.45) is 0.408. The van der Waals surface area contributed by atoms with Crippen molar-refractivity contribution in [1.82, 2.24) is 10.1 Å². The summed E-state index contributed by atoms with van der Waals surface area (Å²) in [6, 6.07) is 13.2. The monoisotopic (exact) mass is 708 g/mol. The molecule has 4 saturated heterocycles. The molecule has 0 radical (unpaired) electrons. The predicted molar refractivity (Wildman–Crippen MR) is 181 cm³/mol. The third kappa shape index (κ3) is 8.73. The Morgan fingerprint density at radius 1 is 0.627 bits per heavy atom. The van der Waals surface area contributed by atoms with Crippen LogP contribution < -0.4 is 10.9 Å². The molecule has 6 rings (SSSR count). The van der Waals surface area contributed by atoms with Crippen LogP contribution >= 0.6 is 0 Å². The van der Waals surface area contributed by atoms with Gasteiger partial charge in [0.2, 0.25) is 0 Å². The molecular formula is C34H42B2N2O13. The smallest absolute Gasteiger partial charge is 0.478 e. The Bertz CT molecular complexity index is 1660. The van der Waals surface area contributed by atoms with Crippen molar-refractivity contribution in [2.75, 3.05) is 0 Å². The lowest BCUT2D eigenvalue weighted by atomic mass is 9.78. The molecule has 2 N–H and O–H groups in total. The number of imide groups is 2. The van der Waals surface area contributed by atoms with Crippen LogP contribution in [-0.4, -0.2) is 92.6 Å². The van der Waals surface area contributed by atoms with Gasteiger partial charge in [0.05, 0.1) is 33.5 Å². The average molecular weight is 708 g/mol. The molecule has 51 heavy (non-hydrogen) atoms. The molecule has 4 aliphatic rings.